The first kappa shape index (κ1) is 14.0. The lowest BCUT2D eigenvalue weighted by atomic mass is 9.76. The Morgan fingerprint density at radius 1 is 1.47 bits per heavy atom. The lowest BCUT2D eigenvalue weighted by molar-refractivity contribution is 0.0679. The Kier molecular flexibility index (Phi) is 4.53. The third-order valence-electron chi connectivity index (χ3n) is 4.16. The second-order valence-corrected chi connectivity index (χ2v) is 5.61. The van der Waals surface area contributed by atoms with Crippen LogP contribution in [0, 0.1) is 5.92 Å². The topological polar surface area (TPSA) is 62.2 Å². The maximum Gasteiger partial charge on any atom is 0.253 e. The summed E-state index contributed by atoms with van der Waals surface area (Å²) in [6.07, 6.45) is 8.96. The molecule has 1 aromatic rings. The van der Waals surface area contributed by atoms with Gasteiger partial charge in [-0.05, 0) is 37.8 Å². The van der Waals surface area contributed by atoms with Crippen LogP contribution >= 0.6 is 0 Å². The SMILES string of the molecule is C[C@@](CO)(NC(=O)c1cccnc1)C1CCCCC1. The highest BCUT2D eigenvalue weighted by atomic mass is 16.3. The summed E-state index contributed by atoms with van der Waals surface area (Å²) in [5.41, 5.74) is 0.00542. The van der Waals surface area contributed by atoms with E-state index in [1.807, 2.05) is 6.92 Å². The van der Waals surface area contributed by atoms with E-state index >= 15 is 0 Å². The molecule has 4 nitrogen and oxygen atoms in total. The zero-order valence-electron chi connectivity index (χ0n) is 11.4. The highest BCUT2D eigenvalue weighted by Gasteiger charge is 2.35. The quantitative estimate of drug-likeness (QED) is 0.874. The zero-order chi connectivity index (χ0) is 13.7. The van der Waals surface area contributed by atoms with Crippen LogP contribution in [0.25, 0.3) is 0 Å². The normalized spacial score (nSPS) is 19.7. The molecule has 1 fully saturated rings. The van der Waals surface area contributed by atoms with Gasteiger partial charge in [0, 0.05) is 12.4 Å². The van der Waals surface area contributed by atoms with Crippen molar-refractivity contribution in [2.75, 3.05) is 6.61 Å². The number of rotatable bonds is 4. The lowest BCUT2D eigenvalue weighted by Crippen LogP contribution is -2.54. The van der Waals surface area contributed by atoms with E-state index < -0.39 is 5.54 Å². The Labute approximate surface area is 114 Å². The second kappa shape index (κ2) is 6.15. The fraction of sp³-hybridized carbons (Fsp3) is 0.600. The molecule has 2 rings (SSSR count). The number of hydrogen-bond donors (Lipinski definition) is 2. The molecule has 1 saturated carbocycles. The molecular weight excluding hydrogens is 240 g/mol. The van der Waals surface area contributed by atoms with Crippen molar-refractivity contribution in [1.29, 1.82) is 0 Å². The number of hydrogen-bond acceptors (Lipinski definition) is 3. The van der Waals surface area contributed by atoms with Crippen molar-refractivity contribution < 1.29 is 9.90 Å². The summed E-state index contributed by atoms with van der Waals surface area (Å²) < 4.78 is 0. The third-order valence-corrected chi connectivity index (χ3v) is 4.16. The van der Waals surface area contributed by atoms with Crippen LogP contribution in [0.1, 0.15) is 49.4 Å². The molecule has 1 amide bonds. The second-order valence-electron chi connectivity index (χ2n) is 5.61. The summed E-state index contributed by atoms with van der Waals surface area (Å²) in [5.74, 6) is 0.196. The first-order chi connectivity index (χ1) is 9.15. The predicted octanol–water partition coefficient (Wildman–Crippen LogP) is 2.14. The molecule has 0 saturated heterocycles. The summed E-state index contributed by atoms with van der Waals surface area (Å²) in [5, 5.41) is 12.7. The largest absolute Gasteiger partial charge is 0.394 e. The van der Waals surface area contributed by atoms with E-state index in [2.05, 4.69) is 10.3 Å². The number of aliphatic hydroxyl groups is 1. The van der Waals surface area contributed by atoms with Gasteiger partial charge >= 0.3 is 0 Å². The molecule has 0 radical (unpaired) electrons. The summed E-state index contributed by atoms with van der Waals surface area (Å²) in [6.45, 7) is 1.92. The first-order valence-corrected chi connectivity index (χ1v) is 6.99. The summed E-state index contributed by atoms with van der Waals surface area (Å²) in [4.78, 5) is 16.2. The van der Waals surface area contributed by atoms with Gasteiger partial charge < -0.3 is 10.4 Å². The van der Waals surface area contributed by atoms with Gasteiger partial charge in [0.15, 0.2) is 0 Å². The molecule has 0 bridgehead atoms. The van der Waals surface area contributed by atoms with Gasteiger partial charge in [-0.3, -0.25) is 9.78 Å². The average Bonchev–Trinajstić information content (AvgIpc) is 2.49. The van der Waals surface area contributed by atoms with Crippen molar-refractivity contribution in [3.05, 3.63) is 30.1 Å². The minimum atomic E-state index is -0.534. The van der Waals surface area contributed by atoms with E-state index in [9.17, 15) is 9.90 Å². The van der Waals surface area contributed by atoms with Crippen LogP contribution in [0.2, 0.25) is 0 Å². The molecule has 1 heterocycles. The molecule has 104 valence electrons. The fourth-order valence-electron chi connectivity index (χ4n) is 2.84. The van der Waals surface area contributed by atoms with Gasteiger partial charge in [0.25, 0.3) is 5.91 Å². The van der Waals surface area contributed by atoms with Crippen LogP contribution in [0.3, 0.4) is 0 Å². The monoisotopic (exact) mass is 262 g/mol. The Morgan fingerprint density at radius 3 is 2.79 bits per heavy atom. The maximum absolute atomic E-state index is 12.2. The van der Waals surface area contributed by atoms with Crippen molar-refractivity contribution in [1.82, 2.24) is 10.3 Å². The van der Waals surface area contributed by atoms with Gasteiger partial charge in [0.05, 0.1) is 17.7 Å². The first-order valence-electron chi connectivity index (χ1n) is 6.99. The van der Waals surface area contributed by atoms with Crippen molar-refractivity contribution >= 4 is 5.91 Å². The summed E-state index contributed by atoms with van der Waals surface area (Å²) in [6, 6.07) is 3.48. The summed E-state index contributed by atoms with van der Waals surface area (Å²) in [7, 11) is 0. The number of aliphatic hydroxyl groups excluding tert-OH is 1. The number of nitrogens with one attached hydrogen (secondary N) is 1. The molecule has 1 atom stereocenters. The van der Waals surface area contributed by atoms with Gasteiger partial charge in [-0.2, -0.15) is 0 Å². The van der Waals surface area contributed by atoms with E-state index in [0.29, 0.717) is 11.5 Å². The molecule has 19 heavy (non-hydrogen) atoms. The number of pyridine rings is 1. The predicted molar refractivity (Wildman–Crippen MR) is 73.8 cm³/mol. The Morgan fingerprint density at radius 2 is 2.21 bits per heavy atom. The zero-order valence-corrected chi connectivity index (χ0v) is 11.4. The standard InChI is InChI=1S/C15H22N2O2/c1-15(11-18,13-7-3-2-4-8-13)17-14(19)12-6-5-9-16-10-12/h5-6,9-10,13,18H,2-4,7-8,11H2,1H3,(H,17,19)/t15-/m0/s1. The van der Waals surface area contributed by atoms with Crippen LogP contribution in [-0.2, 0) is 0 Å². The number of aromatic nitrogens is 1. The summed E-state index contributed by atoms with van der Waals surface area (Å²) >= 11 is 0. The molecular formula is C15H22N2O2. The van der Waals surface area contributed by atoms with Crippen LogP contribution in [-0.4, -0.2) is 28.1 Å². The van der Waals surface area contributed by atoms with E-state index in [1.165, 1.54) is 19.3 Å². The van der Waals surface area contributed by atoms with E-state index in [4.69, 9.17) is 0 Å². The smallest absolute Gasteiger partial charge is 0.253 e. The molecule has 4 heteroatoms. The van der Waals surface area contributed by atoms with E-state index in [0.717, 1.165) is 12.8 Å². The van der Waals surface area contributed by atoms with Gasteiger partial charge in [0.2, 0.25) is 0 Å². The highest BCUT2D eigenvalue weighted by Crippen LogP contribution is 2.32. The van der Waals surface area contributed by atoms with Crippen molar-refractivity contribution in [3.63, 3.8) is 0 Å². The van der Waals surface area contributed by atoms with Gasteiger partial charge in [-0.15, -0.1) is 0 Å². The Bertz CT molecular complexity index is 415. The van der Waals surface area contributed by atoms with Crippen LogP contribution in [0.15, 0.2) is 24.5 Å². The molecule has 0 unspecified atom stereocenters. The van der Waals surface area contributed by atoms with Crippen LogP contribution < -0.4 is 5.32 Å². The molecule has 1 aromatic heterocycles. The highest BCUT2D eigenvalue weighted by molar-refractivity contribution is 5.94. The van der Waals surface area contributed by atoms with Crippen molar-refractivity contribution in [2.45, 2.75) is 44.6 Å². The maximum atomic E-state index is 12.2. The Balaban J connectivity index is 2.07. The lowest BCUT2D eigenvalue weighted by Gasteiger charge is -2.39. The molecule has 1 aliphatic rings. The number of carbonyl (C=O) groups is 1. The number of nitrogens with zero attached hydrogens (tertiary/aromatic N) is 1. The van der Waals surface area contributed by atoms with E-state index in [-0.39, 0.29) is 12.5 Å². The van der Waals surface area contributed by atoms with Crippen molar-refractivity contribution in [3.8, 4) is 0 Å². The molecule has 2 N–H and O–H groups in total. The molecule has 0 spiro atoms. The van der Waals surface area contributed by atoms with E-state index in [1.54, 1.807) is 24.5 Å². The Hall–Kier alpha value is -1.42. The van der Waals surface area contributed by atoms with Gasteiger partial charge in [0.1, 0.15) is 0 Å². The number of amides is 1. The minimum Gasteiger partial charge on any atom is -0.394 e. The molecule has 0 aliphatic heterocycles. The number of carbonyl (C=O) groups excluding carboxylic acids is 1. The van der Waals surface area contributed by atoms with Gasteiger partial charge in [-0.25, -0.2) is 0 Å². The van der Waals surface area contributed by atoms with Crippen molar-refractivity contribution in [2.24, 2.45) is 5.92 Å². The third kappa shape index (κ3) is 3.32. The van der Waals surface area contributed by atoms with Crippen LogP contribution in [0.5, 0.6) is 0 Å². The molecule has 0 aromatic carbocycles. The van der Waals surface area contributed by atoms with Gasteiger partial charge in [-0.1, -0.05) is 19.3 Å². The minimum absolute atomic E-state index is 0.0241. The average molecular weight is 262 g/mol. The van der Waals surface area contributed by atoms with Crippen LogP contribution in [0.4, 0.5) is 0 Å². The fourth-order valence-corrected chi connectivity index (χ4v) is 2.84. The molecule has 1 aliphatic carbocycles.